The van der Waals surface area contributed by atoms with Crippen LogP contribution in [0.1, 0.15) is 47.5 Å². The fourth-order valence-electron chi connectivity index (χ4n) is 1.04. The first-order valence-corrected chi connectivity index (χ1v) is 5.33. The SMILES string of the molecule is C[CH]/C(C)=C/C=C(\C)CCC=C(C)C. The molecule has 79 valence electrons. The van der Waals surface area contributed by atoms with Crippen molar-refractivity contribution in [3.63, 3.8) is 0 Å². The zero-order valence-electron chi connectivity index (χ0n) is 10.2. The van der Waals surface area contributed by atoms with E-state index in [1.807, 2.05) is 0 Å². The Balaban J connectivity index is 3.96. The molecule has 0 fully saturated rings. The summed E-state index contributed by atoms with van der Waals surface area (Å²) < 4.78 is 0. The lowest BCUT2D eigenvalue weighted by molar-refractivity contribution is 0.967. The maximum atomic E-state index is 2.29. The molecule has 0 nitrogen and oxygen atoms in total. The molecule has 0 amide bonds. The van der Waals surface area contributed by atoms with Gasteiger partial charge in [-0.2, -0.15) is 0 Å². The Hall–Kier alpha value is -0.780. The summed E-state index contributed by atoms with van der Waals surface area (Å²) in [5.41, 5.74) is 4.18. The van der Waals surface area contributed by atoms with Crippen LogP contribution in [0.2, 0.25) is 0 Å². The summed E-state index contributed by atoms with van der Waals surface area (Å²) in [4.78, 5) is 0. The molecule has 0 heterocycles. The topological polar surface area (TPSA) is 0 Å². The van der Waals surface area contributed by atoms with Gasteiger partial charge in [0.25, 0.3) is 0 Å². The molecule has 0 bridgehead atoms. The number of hydrogen-bond acceptors (Lipinski definition) is 0. The smallest absolute Gasteiger partial charge is 0.0168 e. The molecular weight excluding hydrogens is 168 g/mol. The van der Waals surface area contributed by atoms with Gasteiger partial charge in [-0.3, -0.25) is 0 Å². The Kier molecular flexibility index (Phi) is 7.18. The van der Waals surface area contributed by atoms with E-state index in [0.29, 0.717) is 0 Å². The molecule has 0 aliphatic heterocycles. The Bertz CT molecular complexity index is 235. The highest BCUT2D eigenvalue weighted by Gasteiger charge is 1.87. The summed E-state index contributed by atoms with van der Waals surface area (Å²) in [7, 11) is 0. The molecule has 0 aliphatic carbocycles. The minimum Gasteiger partial charge on any atom is -0.0856 e. The third kappa shape index (κ3) is 7.85. The van der Waals surface area contributed by atoms with Crippen LogP contribution in [0.3, 0.4) is 0 Å². The zero-order valence-corrected chi connectivity index (χ0v) is 10.2. The second-order valence-electron chi connectivity index (χ2n) is 4.03. The third-order valence-corrected chi connectivity index (χ3v) is 2.18. The quantitative estimate of drug-likeness (QED) is 0.430. The number of rotatable bonds is 5. The average molecular weight is 191 g/mol. The summed E-state index contributed by atoms with van der Waals surface area (Å²) in [6, 6.07) is 0. The van der Waals surface area contributed by atoms with Gasteiger partial charge >= 0.3 is 0 Å². The highest BCUT2D eigenvalue weighted by molar-refractivity contribution is 5.20. The van der Waals surface area contributed by atoms with E-state index in [9.17, 15) is 0 Å². The highest BCUT2D eigenvalue weighted by atomic mass is 13.9. The predicted octanol–water partition coefficient (Wildman–Crippen LogP) is 4.85. The minimum atomic E-state index is 1.16. The molecule has 14 heavy (non-hydrogen) atoms. The summed E-state index contributed by atoms with van der Waals surface area (Å²) in [5, 5.41) is 0. The lowest BCUT2D eigenvalue weighted by Gasteiger charge is -1.97. The van der Waals surface area contributed by atoms with Gasteiger partial charge in [-0.15, -0.1) is 0 Å². The fraction of sp³-hybridized carbons (Fsp3) is 0.500. The van der Waals surface area contributed by atoms with Crippen molar-refractivity contribution in [1.82, 2.24) is 0 Å². The van der Waals surface area contributed by atoms with Crippen LogP contribution in [0.25, 0.3) is 0 Å². The van der Waals surface area contributed by atoms with Crippen molar-refractivity contribution in [3.8, 4) is 0 Å². The summed E-state index contributed by atoms with van der Waals surface area (Å²) >= 11 is 0. The predicted molar refractivity (Wildman–Crippen MR) is 66.2 cm³/mol. The largest absolute Gasteiger partial charge is 0.0856 e. The van der Waals surface area contributed by atoms with Gasteiger partial charge in [0, 0.05) is 0 Å². The van der Waals surface area contributed by atoms with Crippen molar-refractivity contribution in [3.05, 3.63) is 41.4 Å². The van der Waals surface area contributed by atoms with Crippen molar-refractivity contribution in [1.29, 1.82) is 0 Å². The van der Waals surface area contributed by atoms with Gasteiger partial charge in [0.1, 0.15) is 0 Å². The highest BCUT2D eigenvalue weighted by Crippen LogP contribution is 2.08. The van der Waals surface area contributed by atoms with Crippen LogP contribution >= 0.6 is 0 Å². The van der Waals surface area contributed by atoms with Gasteiger partial charge < -0.3 is 0 Å². The first-order valence-electron chi connectivity index (χ1n) is 5.33. The van der Waals surface area contributed by atoms with Crippen LogP contribution in [-0.2, 0) is 0 Å². The maximum Gasteiger partial charge on any atom is -0.0168 e. The van der Waals surface area contributed by atoms with E-state index in [0.717, 1.165) is 6.42 Å². The van der Waals surface area contributed by atoms with Gasteiger partial charge in [0.15, 0.2) is 0 Å². The molecule has 0 aromatic heterocycles. The molecular formula is C14H23. The van der Waals surface area contributed by atoms with Gasteiger partial charge in [0.05, 0.1) is 0 Å². The molecule has 0 saturated carbocycles. The van der Waals surface area contributed by atoms with Gasteiger partial charge in [0.2, 0.25) is 0 Å². The molecule has 0 aromatic rings. The Morgan fingerprint density at radius 3 is 2.14 bits per heavy atom. The van der Waals surface area contributed by atoms with Crippen molar-refractivity contribution < 1.29 is 0 Å². The summed E-state index contributed by atoms with van der Waals surface area (Å²) in [6.45, 7) is 10.7. The molecule has 0 aliphatic rings. The van der Waals surface area contributed by atoms with E-state index in [1.54, 1.807) is 0 Å². The van der Waals surface area contributed by atoms with E-state index >= 15 is 0 Å². The monoisotopic (exact) mass is 191 g/mol. The Morgan fingerprint density at radius 2 is 1.64 bits per heavy atom. The molecule has 0 atom stereocenters. The van der Waals surface area contributed by atoms with E-state index in [-0.39, 0.29) is 0 Å². The van der Waals surface area contributed by atoms with E-state index in [2.05, 4.69) is 59.3 Å². The molecule has 0 spiro atoms. The molecule has 0 saturated heterocycles. The van der Waals surface area contributed by atoms with Crippen LogP contribution in [0.5, 0.6) is 0 Å². The second kappa shape index (κ2) is 7.61. The van der Waals surface area contributed by atoms with E-state index in [4.69, 9.17) is 0 Å². The van der Waals surface area contributed by atoms with Crippen molar-refractivity contribution >= 4 is 0 Å². The van der Waals surface area contributed by atoms with Crippen molar-refractivity contribution in [2.75, 3.05) is 0 Å². The second-order valence-corrected chi connectivity index (χ2v) is 4.03. The maximum absolute atomic E-state index is 2.29. The number of hydrogen-bond donors (Lipinski definition) is 0. The molecule has 0 rings (SSSR count). The van der Waals surface area contributed by atoms with Crippen LogP contribution in [0.15, 0.2) is 34.9 Å². The van der Waals surface area contributed by atoms with Crippen LogP contribution < -0.4 is 0 Å². The first kappa shape index (κ1) is 13.2. The van der Waals surface area contributed by atoms with E-state index in [1.165, 1.54) is 23.1 Å². The lowest BCUT2D eigenvalue weighted by atomic mass is 10.1. The van der Waals surface area contributed by atoms with Gasteiger partial charge in [-0.25, -0.2) is 0 Å². The van der Waals surface area contributed by atoms with Crippen molar-refractivity contribution in [2.45, 2.75) is 47.5 Å². The molecule has 0 heteroatoms. The normalized spacial score (nSPS) is 12.9. The number of allylic oxidation sites excluding steroid dienone is 6. The summed E-state index contributed by atoms with van der Waals surface area (Å²) in [6.07, 6.45) is 11.1. The Labute approximate surface area is 89.4 Å². The average Bonchev–Trinajstić information content (AvgIpc) is 2.13. The standard InChI is InChI=1S/C14H23/c1-6-13(4)10-11-14(5)9-7-8-12(2)3/h6,8,10-11H,7,9H2,1-5H3/b13-10+,14-11+. The van der Waals surface area contributed by atoms with Crippen LogP contribution in [-0.4, -0.2) is 0 Å². The third-order valence-electron chi connectivity index (χ3n) is 2.18. The molecule has 0 aromatic carbocycles. The van der Waals surface area contributed by atoms with Crippen LogP contribution in [0, 0.1) is 6.42 Å². The van der Waals surface area contributed by atoms with Gasteiger partial charge in [-0.1, -0.05) is 41.9 Å². The Morgan fingerprint density at radius 1 is 1.00 bits per heavy atom. The lowest BCUT2D eigenvalue weighted by Crippen LogP contribution is -1.77. The van der Waals surface area contributed by atoms with E-state index < -0.39 is 0 Å². The molecule has 1 radical (unpaired) electrons. The first-order chi connectivity index (χ1) is 6.56. The molecule has 0 unspecified atom stereocenters. The zero-order chi connectivity index (χ0) is 11.0. The van der Waals surface area contributed by atoms with Crippen molar-refractivity contribution in [2.24, 2.45) is 0 Å². The fourth-order valence-corrected chi connectivity index (χ4v) is 1.04. The minimum absolute atomic E-state index is 1.16. The van der Waals surface area contributed by atoms with Crippen LogP contribution in [0.4, 0.5) is 0 Å². The molecule has 0 N–H and O–H groups in total. The van der Waals surface area contributed by atoms with Gasteiger partial charge in [-0.05, 0) is 47.0 Å². The summed E-state index contributed by atoms with van der Waals surface area (Å²) in [5.74, 6) is 0.